The van der Waals surface area contributed by atoms with Gasteiger partial charge in [0.15, 0.2) is 12.2 Å². The Morgan fingerprint density at radius 1 is 0.296 bits per heavy atom. The van der Waals surface area contributed by atoms with E-state index in [4.69, 9.17) is 37.0 Å². The molecule has 0 saturated heterocycles. The van der Waals surface area contributed by atoms with Gasteiger partial charge in [-0.25, -0.2) is 9.13 Å². The molecule has 0 bridgehead atoms. The minimum absolute atomic E-state index is 0.0752. The van der Waals surface area contributed by atoms with Crippen molar-refractivity contribution in [3.63, 3.8) is 0 Å². The standard InChI is InChI=1S/C79H136O17P2/c1-5-9-13-17-21-25-29-32-35-36-39-41-45-48-52-56-60-64-77(82)89-69-74(95-78(83)65-61-57-53-49-43-28-24-20-16-12-8-4)71-93-97(85,86)91-67-73(80)68-92-98(87,88)94-72-75(96-79(84)66-62-58-54-50-46-42-38-34-31-27-23-19-15-11-7-3)70-90-76(81)63-59-55-51-47-44-40-37-33-30-26-22-18-14-10-6-2/h9-10,13-14,20-22,24-26,32-35,37-38,44,47,73-75,80H,5-8,11-12,15-19,23,27-31,36,39-43,45-46,48-72H2,1-4H3,(H,85,86)(H,87,88)/b13-9-,14-10-,24-20-,25-21-,26-22-,35-32-,37-33-,38-34-,47-44-. The third-order valence-electron chi connectivity index (χ3n) is 15.7. The maximum absolute atomic E-state index is 13.1. The van der Waals surface area contributed by atoms with Crippen LogP contribution in [0, 0.1) is 0 Å². The van der Waals surface area contributed by atoms with Crippen LogP contribution < -0.4 is 0 Å². The highest BCUT2D eigenvalue weighted by Crippen LogP contribution is 2.45. The number of hydrogen-bond donors (Lipinski definition) is 3. The van der Waals surface area contributed by atoms with Gasteiger partial charge in [0, 0.05) is 25.7 Å². The van der Waals surface area contributed by atoms with Crippen molar-refractivity contribution in [3.05, 3.63) is 109 Å². The molecule has 0 aliphatic rings. The highest BCUT2D eigenvalue weighted by molar-refractivity contribution is 7.47. The van der Waals surface area contributed by atoms with E-state index in [0.717, 1.165) is 180 Å². The fourth-order valence-corrected chi connectivity index (χ4v) is 11.5. The second-order valence-corrected chi connectivity index (χ2v) is 28.1. The summed E-state index contributed by atoms with van der Waals surface area (Å²) in [4.78, 5) is 72.8. The number of aliphatic hydroxyl groups is 1. The molecular weight excluding hydrogens is 1280 g/mol. The van der Waals surface area contributed by atoms with E-state index < -0.39 is 97.5 Å². The predicted octanol–water partition coefficient (Wildman–Crippen LogP) is 21.8. The number of rotatable bonds is 71. The molecule has 0 aliphatic carbocycles. The van der Waals surface area contributed by atoms with Crippen LogP contribution in [0.1, 0.15) is 310 Å². The lowest BCUT2D eigenvalue weighted by molar-refractivity contribution is -0.161. The second-order valence-electron chi connectivity index (χ2n) is 25.2. The minimum atomic E-state index is -4.98. The van der Waals surface area contributed by atoms with Gasteiger partial charge in [-0.3, -0.25) is 37.3 Å². The first-order valence-electron chi connectivity index (χ1n) is 38.1. The number of unbranched alkanes of at least 4 members (excludes halogenated alkanes) is 27. The summed E-state index contributed by atoms with van der Waals surface area (Å²) in [5.74, 6) is -2.25. The Labute approximate surface area is 594 Å². The molecule has 0 rings (SSSR count). The molecule has 0 aliphatic heterocycles. The molecule has 5 atom stereocenters. The molecule has 98 heavy (non-hydrogen) atoms. The van der Waals surface area contributed by atoms with Crippen molar-refractivity contribution in [1.82, 2.24) is 0 Å². The molecule has 0 radical (unpaired) electrons. The summed E-state index contributed by atoms with van der Waals surface area (Å²) >= 11 is 0. The molecular formula is C79H136O17P2. The number of ether oxygens (including phenoxy) is 4. The van der Waals surface area contributed by atoms with Crippen LogP contribution >= 0.6 is 15.6 Å². The highest BCUT2D eigenvalue weighted by Gasteiger charge is 2.30. The van der Waals surface area contributed by atoms with Crippen LogP contribution in [0.2, 0.25) is 0 Å². The second kappa shape index (κ2) is 71.1. The molecule has 0 spiro atoms. The maximum atomic E-state index is 13.1. The molecule has 564 valence electrons. The van der Waals surface area contributed by atoms with E-state index in [9.17, 15) is 43.2 Å². The molecule has 17 nitrogen and oxygen atoms in total. The van der Waals surface area contributed by atoms with Gasteiger partial charge in [0.1, 0.15) is 19.3 Å². The van der Waals surface area contributed by atoms with Gasteiger partial charge in [-0.1, -0.05) is 253 Å². The SMILES string of the molecule is CC/C=C\C/C=C\C/C=C\C/C=C\CCCCC(=O)OCC(COP(=O)(O)OCC(O)COP(=O)(O)OCC(COC(=O)CCCCCCCCC/C=C\C/C=C\C/C=C\CC)OC(=O)CCCCCCC/C=C\CCCC)OC(=O)CCCCCCC/C=C\CCCCCCCC. The van der Waals surface area contributed by atoms with Gasteiger partial charge < -0.3 is 33.8 Å². The zero-order chi connectivity index (χ0) is 71.8. The normalized spacial score (nSPS) is 14.6. The molecule has 0 saturated carbocycles. The van der Waals surface area contributed by atoms with E-state index in [2.05, 4.69) is 137 Å². The van der Waals surface area contributed by atoms with E-state index in [-0.39, 0.29) is 25.7 Å². The van der Waals surface area contributed by atoms with Gasteiger partial charge in [-0.05, 0) is 141 Å². The van der Waals surface area contributed by atoms with Crippen molar-refractivity contribution in [2.75, 3.05) is 39.6 Å². The minimum Gasteiger partial charge on any atom is -0.462 e. The third-order valence-corrected chi connectivity index (χ3v) is 17.6. The Hall–Kier alpha value is -4.28. The number of esters is 4. The average molecular weight is 1420 g/mol. The summed E-state index contributed by atoms with van der Waals surface area (Å²) < 4.78 is 68.4. The predicted molar refractivity (Wildman–Crippen MR) is 399 cm³/mol. The molecule has 0 heterocycles. The fraction of sp³-hybridized carbons (Fsp3) is 0.722. The Morgan fingerprint density at radius 2 is 0.541 bits per heavy atom. The summed E-state index contributed by atoms with van der Waals surface area (Å²) in [5.41, 5.74) is 0. The Morgan fingerprint density at radius 3 is 0.878 bits per heavy atom. The van der Waals surface area contributed by atoms with Gasteiger partial charge in [-0.2, -0.15) is 0 Å². The molecule has 0 amide bonds. The van der Waals surface area contributed by atoms with Crippen LogP contribution in [0.25, 0.3) is 0 Å². The van der Waals surface area contributed by atoms with Crippen LogP contribution in [-0.4, -0.2) is 96.7 Å². The Kier molecular flexibility index (Phi) is 68.0. The summed E-state index contributed by atoms with van der Waals surface area (Å²) in [6.45, 7) is 4.54. The lowest BCUT2D eigenvalue weighted by atomic mass is 10.1. The lowest BCUT2D eigenvalue weighted by Crippen LogP contribution is -2.30. The first-order valence-corrected chi connectivity index (χ1v) is 41.1. The lowest BCUT2D eigenvalue weighted by Gasteiger charge is -2.21. The Balaban J connectivity index is 5.36. The maximum Gasteiger partial charge on any atom is 0.472 e. The summed E-state index contributed by atoms with van der Waals surface area (Å²) in [5, 5.41) is 10.6. The number of aliphatic hydroxyl groups excluding tert-OH is 1. The van der Waals surface area contributed by atoms with Crippen molar-refractivity contribution in [2.24, 2.45) is 0 Å². The van der Waals surface area contributed by atoms with E-state index in [1.165, 1.54) is 51.4 Å². The topological polar surface area (TPSA) is 237 Å². The van der Waals surface area contributed by atoms with Crippen molar-refractivity contribution < 1.29 is 80.2 Å². The molecule has 5 unspecified atom stereocenters. The van der Waals surface area contributed by atoms with Gasteiger partial charge in [0.25, 0.3) is 0 Å². The Bertz CT molecular complexity index is 2290. The summed E-state index contributed by atoms with van der Waals surface area (Å²) in [7, 11) is -9.96. The largest absolute Gasteiger partial charge is 0.472 e. The zero-order valence-corrected chi connectivity index (χ0v) is 63.2. The third kappa shape index (κ3) is 70.2. The van der Waals surface area contributed by atoms with E-state index in [1.807, 2.05) is 0 Å². The van der Waals surface area contributed by atoms with Crippen LogP contribution in [0.4, 0.5) is 0 Å². The smallest absolute Gasteiger partial charge is 0.462 e. The van der Waals surface area contributed by atoms with Crippen molar-refractivity contribution in [3.8, 4) is 0 Å². The van der Waals surface area contributed by atoms with Crippen LogP contribution in [-0.2, 0) is 65.4 Å². The van der Waals surface area contributed by atoms with Gasteiger partial charge in [0.2, 0.25) is 0 Å². The summed E-state index contributed by atoms with van der Waals surface area (Å²) in [6, 6.07) is 0. The number of carbonyl (C=O) groups is 4. The number of phosphoric acid groups is 2. The highest BCUT2D eigenvalue weighted by atomic mass is 31.2. The number of carbonyl (C=O) groups excluding carboxylic acids is 4. The molecule has 19 heteroatoms. The van der Waals surface area contributed by atoms with Crippen molar-refractivity contribution >= 4 is 39.5 Å². The zero-order valence-electron chi connectivity index (χ0n) is 61.4. The van der Waals surface area contributed by atoms with Crippen molar-refractivity contribution in [1.29, 1.82) is 0 Å². The van der Waals surface area contributed by atoms with E-state index in [0.29, 0.717) is 25.7 Å². The summed E-state index contributed by atoms with van der Waals surface area (Å²) in [6.07, 6.45) is 75.2. The molecule has 0 aromatic carbocycles. The van der Waals surface area contributed by atoms with E-state index >= 15 is 0 Å². The average Bonchev–Trinajstić information content (AvgIpc) is 0.982. The van der Waals surface area contributed by atoms with Crippen LogP contribution in [0.5, 0.6) is 0 Å². The molecule has 0 fully saturated rings. The van der Waals surface area contributed by atoms with E-state index in [1.54, 1.807) is 0 Å². The monoisotopic (exact) mass is 1420 g/mol. The first-order chi connectivity index (χ1) is 47.7. The molecule has 3 N–H and O–H groups in total. The van der Waals surface area contributed by atoms with Crippen molar-refractivity contribution in [2.45, 2.75) is 329 Å². The quantitative estimate of drug-likeness (QED) is 0.0169. The molecule has 0 aromatic heterocycles. The fourth-order valence-electron chi connectivity index (χ4n) is 9.91. The number of allylic oxidation sites excluding steroid dienone is 18. The van der Waals surface area contributed by atoms with Gasteiger partial charge >= 0.3 is 39.5 Å². The van der Waals surface area contributed by atoms with Gasteiger partial charge in [0.05, 0.1) is 26.4 Å². The molecule has 0 aromatic rings. The van der Waals surface area contributed by atoms with Crippen LogP contribution in [0.3, 0.4) is 0 Å². The van der Waals surface area contributed by atoms with Gasteiger partial charge in [-0.15, -0.1) is 0 Å². The number of phosphoric ester groups is 2. The number of hydrogen-bond acceptors (Lipinski definition) is 15. The van der Waals surface area contributed by atoms with Crippen LogP contribution in [0.15, 0.2) is 109 Å². The first kappa shape index (κ1) is 93.7.